The number of amides is 1. The van der Waals surface area contributed by atoms with Crippen LogP contribution in [0.5, 0.6) is 11.5 Å². The molecule has 0 aliphatic carbocycles. The molecule has 0 fully saturated rings. The number of nitrogens with two attached hydrogens (primary N) is 2. The first-order chi connectivity index (χ1) is 12.0. The number of nitrogens with zero attached hydrogens (tertiary/aromatic N) is 1. The molecule has 0 saturated heterocycles. The SMILES string of the molecule is CN(C(=N)N)C(=O)c1cc2cccc(Oc3ccc(CN)cc3)c2[nH]1. The van der Waals surface area contributed by atoms with E-state index in [1.807, 2.05) is 42.5 Å². The van der Waals surface area contributed by atoms with Gasteiger partial charge in [-0.2, -0.15) is 0 Å². The number of fused-ring (bicyclic) bond motifs is 1. The number of benzene rings is 2. The van der Waals surface area contributed by atoms with Crippen molar-refractivity contribution in [1.29, 1.82) is 5.41 Å². The van der Waals surface area contributed by atoms with Gasteiger partial charge in [0.05, 0.1) is 5.52 Å². The Bertz CT molecular complexity index is 930. The van der Waals surface area contributed by atoms with E-state index < -0.39 is 0 Å². The quantitative estimate of drug-likeness (QED) is 0.431. The van der Waals surface area contributed by atoms with Gasteiger partial charge in [0.15, 0.2) is 11.7 Å². The fourth-order valence-corrected chi connectivity index (χ4v) is 2.44. The van der Waals surface area contributed by atoms with Gasteiger partial charge in [-0.1, -0.05) is 24.3 Å². The Labute approximate surface area is 144 Å². The number of para-hydroxylation sites is 1. The lowest BCUT2D eigenvalue weighted by atomic mass is 10.2. The molecule has 1 amide bonds. The molecular formula is C18H19N5O2. The number of ether oxygens (including phenoxy) is 1. The lowest BCUT2D eigenvalue weighted by molar-refractivity contribution is 0.0864. The lowest BCUT2D eigenvalue weighted by Gasteiger charge is -2.12. The second kappa shape index (κ2) is 6.66. The molecule has 0 aliphatic heterocycles. The van der Waals surface area contributed by atoms with Crippen LogP contribution in [-0.4, -0.2) is 28.8 Å². The van der Waals surface area contributed by atoms with E-state index in [0.717, 1.165) is 15.8 Å². The number of nitrogens with one attached hydrogen (secondary N) is 2. The summed E-state index contributed by atoms with van der Waals surface area (Å²) in [4.78, 5) is 16.4. The number of aromatic nitrogens is 1. The van der Waals surface area contributed by atoms with E-state index in [-0.39, 0.29) is 11.9 Å². The molecule has 0 aliphatic rings. The van der Waals surface area contributed by atoms with Gasteiger partial charge >= 0.3 is 0 Å². The van der Waals surface area contributed by atoms with E-state index in [9.17, 15) is 4.79 Å². The first-order valence-corrected chi connectivity index (χ1v) is 7.70. The number of aromatic amines is 1. The highest BCUT2D eigenvalue weighted by molar-refractivity contribution is 6.06. The molecule has 0 unspecified atom stereocenters. The minimum atomic E-state index is -0.387. The predicted molar refractivity (Wildman–Crippen MR) is 96.7 cm³/mol. The van der Waals surface area contributed by atoms with Crippen LogP contribution in [0.3, 0.4) is 0 Å². The first kappa shape index (κ1) is 16.5. The third kappa shape index (κ3) is 3.31. The van der Waals surface area contributed by atoms with Gasteiger partial charge in [-0.15, -0.1) is 0 Å². The predicted octanol–water partition coefficient (Wildman–Crippen LogP) is 2.38. The third-order valence-electron chi connectivity index (χ3n) is 3.90. The Morgan fingerprint density at radius 1 is 1.24 bits per heavy atom. The first-order valence-electron chi connectivity index (χ1n) is 7.70. The van der Waals surface area contributed by atoms with Crippen molar-refractivity contribution in [3.05, 3.63) is 59.8 Å². The Kier molecular flexibility index (Phi) is 4.40. The van der Waals surface area contributed by atoms with Gasteiger partial charge in [0.2, 0.25) is 0 Å². The number of carbonyl (C=O) groups is 1. The van der Waals surface area contributed by atoms with Crippen LogP contribution in [0.1, 0.15) is 16.1 Å². The number of rotatable bonds is 4. The highest BCUT2D eigenvalue weighted by atomic mass is 16.5. The summed E-state index contributed by atoms with van der Waals surface area (Å²) in [5.74, 6) is 0.567. The van der Waals surface area contributed by atoms with Gasteiger partial charge < -0.3 is 21.2 Å². The molecule has 0 atom stereocenters. The smallest absolute Gasteiger partial charge is 0.276 e. The zero-order valence-corrected chi connectivity index (χ0v) is 13.7. The van der Waals surface area contributed by atoms with Crippen molar-refractivity contribution in [2.24, 2.45) is 11.5 Å². The minimum Gasteiger partial charge on any atom is -0.455 e. The number of hydrogen-bond acceptors (Lipinski definition) is 4. The van der Waals surface area contributed by atoms with E-state index in [4.69, 9.17) is 21.6 Å². The van der Waals surface area contributed by atoms with E-state index in [1.165, 1.54) is 7.05 Å². The molecule has 128 valence electrons. The molecule has 1 aromatic heterocycles. The van der Waals surface area contributed by atoms with Gasteiger partial charge in [-0.25, -0.2) is 0 Å². The topological polar surface area (TPSA) is 121 Å². The molecule has 2 aromatic carbocycles. The summed E-state index contributed by atoms with van der Waals surface area (Å²) in [6.45, 7) is 0.474. The second-order valence-electron chi connectivity index (χ2n) is 5.60. The molecule has 0 bridgehead atoms. The van der Waals surface area contributed by atoms with Crippen LogP contribution < -0.4 is 16.2 Å². The summed E-state index contributed by atoms with van der Waals surface area (Å²) in [6.07, 6.45) is 0. The van der Waals surface area contributed by atoms with Crippen molar-refractivity contribution >= 4 is 22.8 Å². The molecule has 6 N–H and O–H groups in total. The van der Waals surface area contributed by atoms with Crippen molar-refractivity contribution in [3.63, 3.8) is 0 Å². The summed E-state index contributed by atoms with van der Waals surface area (Å²) >= 11 is 0. The van der Waals surface area contributed by atoms with Gasteiger partial charge in [-0.05, 0) is 29.8 Å². The number of guanidine groups is 1. The Morgan fingerprint density at radius 3 is 2.60 bits per heavy atom. The van der Waals surface area contributed by atoms with Gasteiger partial charge in [0.1, 0.15) is 11.4 Å². The molecule has 3 rings (SSSR count). The fraction of sp³-hybridized carbons (Fsp3) is 0.111. The van der Waals surface area contributed by atoms with Crippen LogP contribution in [0, 0.1) is 5.41 Å². The summed E-state index contributed by atoms with van der Waals surface area (Å²) in [7, 11) is 1.45. The van der Waals surface area contributed by atoms with Crippen molar-refractivity contribution in [2.75, 3.05) is 7.05 Å². The van der Waals surface area contributed by atoms with Gasteiger partial charge in [0.25, 0.3) is 5.91 Å². The van der Waals surface area contributed by atoms with Crippen LogP contribution in [0.25, 0.3) is 10.9 Å². The summed E-state index contributed by atoms with van der Waals surface area (Å²) in [5, 5.41) is 8.20. The molecule has 0 spiro atoms. The molecule has 7 nitrogen and oxygen atoms in total. The summed E-state index contributed by atoms with van der Waals surface area (Å²) < 4.78 is 5.93. The lowest BCUT2D eigenvalue weighted by Crippen LogP contribution is -2.38. The highest BCUT2D eigenvalue weighted by Crippen LogP contribution is 2.30. The van der Waals surface area contributed by atoms with E-state index in [0.29, 0.717) is 29.3 Å². The maximum Gasteiger partial charge on any atom is 0.276 e. The molecule has 3 aromatic rings. The van der Waals surface area contributed by atoms with Crippen molar-refractivity contribution in [3.8, 4) is 11.5 Å². The highest BCUT2D eigenvalue weighted by Gasteiger charge is 2.17. The second-order valence-corrected chi connectivity index (χ2v) is 5.60. The number of hydrogen-bond donors (Lipinski definition) is 4. The fourth-order valence-electron chi connectivity index (χ4n) is 2.44. The van der Waals surface area contributed by atoms with Crippen LogP contribution in [0.15, 0.2) is 48.5 Å². The molecule has 7 heteroatoms. The Morgan fingerprint density at radius 2 is 1.96 bits per heavy atom. The van der Waals surface area contributed by atoms with Crippen molar-refractivity contribution in [2.45, 2.75) is 6.54 Å². The van der Waals surface area contributed by atoms with Crippen molar-refractivity contribution in [1.82, 2.24) is 9.88 Å². The molecule has 0 saturated carbocycles. The number of H-pyrrole nitrogens is 1. The standard InChI is InChI=1S/C18H19N5O2/c1-23(18(20)21)17(24)14-9-12-3-2-4-15(16(12)22-14)25-13-7-5-11(10-19)6-8-13/h2-9,22H,10,19H2,1H3,(H3,20,21). The Hall–Kier alpha value is -3.32. The maximum absolute atomic E-state index is 12.3. The van der Waals surface area contributed by atoms with Gasteiger partial charge in [0, 0.05) is 19.0 Å². The van der Waals surface area contributed by atoms with Crippen LogP contribution in [0.2, 0.25) is 0 Å². The van der Waals surface area contributed by atoms with Crippen LogP contribution >= 0.6 is 0 Å². The Balaban J connectivity index is 1.93. The van der Waals surface area contributed by atoms with E-state index in [1.54, 1.807) is 6.07 Å². The minimum absolute atomic E-state index is 0.319. The zero-order chi connectivity index (χ0) is 18.0. The molecule has 0 radical (unpaired) electrons. The van der Waals surface area contributed by atoms with Crippen LogP contribution in [-0.2, 0) is 6.54 Å². The molecular weight excluding hydrogens is 318 g/mol. The normalized spacial score (nSPS) is 10.6. The largest absolute Gasteiger partial charge is 0.455 e. The average molecular weight is 337 g/mol. The third-order valence-corrected chi connectivity index (χ3v) is 3.90. The zero-order valence-electron chi connectivity index (χ0n) is 13.7. The summed E-state index contributed by atoms with van der Waals surface area (Å²) in [5.41, 5.74) is 13.0. The molecule has 25 heavy (non-hydrogen) atoms. The van der Waals surface area contributed by atoms with E-state index in [2.05, 4.69) is 4.98 Å². The number of carbonyl (C=O) groups excluding carboxylic acids is 1. The van der Waals surface area contributed by atoms with Crippen molar-refractivity contribution < 1.29 is 9.53 Å². The monoisotopic (exact) mass is 337 g/mol. The summed E-state index contributed by atoms with van der Waals surface area (Å²) in [6, 6.07) is 14.8. The maximum atomic E-state index is 12.3. The van der Waals surface area contributed by atoms with E-state index >= 15 is 0 Å². The average Bonchev–Trinajstić information content (AvgIpc) is 3.06. The molecule has 1 heterocycles. The van der Waals surface area contributed by atoms with Crippen LogP contribution in [0.4, 0.5) is 0 Å². The van der Waals surface area contributed by atoms with Gasteiger partial charge in [-0.3, -0.25) is 15.1 Å².